The number of hydrogen-bond acceptors (Lipinski definition) is 11. The molecule has 290 valence electrons. The van der Waals surface area contributed by atoms with Crippen molar-refractivity contribution in [1.82, 2.24) is 0 Å². The number of rotatable bonds is 10. The van der Waals surface area contributed by atoms with Crippen LogP contribution in [-0.4, -0.2) is 72.1 Å². The van der Waals surface area contributed by atoms with E-state index in [1.165, 1.54) is 6.92 Å². The fourth-order valence-electron chi connectivity index (χ4n) is 9.15. The number of esters is 5. The lowest BCUT2D eigenvalue weighted by Crippen LogP contribution is -2.78. The highest BCUT2D eigenvalue weighted by Gasteiger charge is 2.83. The molecule has 2 bridgehead atoms. The maximum Gasteiger partial charge on any atom is 0.338 e. The van der Waals surface area contributed by atoms with Gasteiger partial charge in [-0.2, -0.15) is 0 Å². The monoisotopic (exact) mass is 760 g/mol. The van der Waals surface area contributed by atoms with Crippen molar-refractivity contribution in [2.24, 2.45) is 17.3 Å². The van der Waals surface area contributed by atoms with Gasteiger partial charge in [0.1, 0.15) is 35.9 Å². The summed E-state index contributed by atoms with van der Waals surface area (Å²) < 4.78 is 39.0. The van der Waals surface area contributed by atoms with Crippen molar-refractivity contribution in [3.05, 3.63) is 144 Å². The number of fused-ring (bicyclic) bond motifs is 1. The van der Waals surface area contributed by atoms with Gasteiger partial charge in [0.25, 0.3) is 0 Å². The number of benzene rings is 4. The van der Waals surface area contributed by atoms with Crippen LogP contribution in [0.15, 0.2) is 121 Å². The Morgan fingerprint density at radius 3 is 1.52 bits per heavy atom. The van der Waals surface area contributed by atoms with Gasteiger partial charge in [0.2, 0.25) is 0 Å². The van der Waals surface area contributed by atoms with E-state index >= 15 is 0 Å². The zero-order valence-corrected chi connectivity index (χ0v) is 31.6. The molecule has 0 aromatic heterocycles. The summed E-state index contributed by atoms with van der Waals surface area (Å²) in [6.45, 7) is 6.27. The van der Waals surface area contributed by atoms with Crippen LogP contribution in [-0.2, 0) is 33.2 Å². The van der Waals surface area contributed by atoms with Crippen molar-refractivity contribution in [3.63, 3.8) is 0 Å². The van der Waals surface area contributed by atoms with Gasteiger partial charge in [-0.1, -0.05) is 79.7 Å². The number of carbonyl (C=O) groups excluding carboxylic acids is 5. The average Bonchev–Trinajstić information content (AvgIpc) is 3.37. The molecule has 7 rings (SSSR count). The maximum atomic E-state index is 14.1. The summed E-state index contributed by atoms with van der Waals surface area (Å²) in [4.78, 5) is 69.2. The average molecular weight is 761 g/mol. The van der Waals surface area contributed by atoms with E-state index in [1.807, 2.05) is 20.8 Å². The predicted octanol–water partition coefficient (Wildman–Crippen LogP) is 7.05. The first-order valence-electron chi connectivity index (χ1n) is 18.7. The van der Waals surface area contributed by atoms with Crippen LogP contribution in [0.25, 0.3) is 0 Å². The van der Waals surface area contributed by atoms with Gasteiger partial charge in [-0.05, 0) is 81.1 Å². The largest absolute Gasteiger partial charge is 0.461 e. The second kappa shape index (κ2) is 15.4. The molecular weight excluding hydrogens is 716 g/mol. The Hall–Kier alpha value is -5.81. The van der Waals surface area contributed by atoms with Crippen LogP contribution in [0.1, 0.15) is 82.0 Å². The van der Waals surface area contributed by atoms with Crippen LogP contribution < -0.4 is 0 Å². The Kier molecular flexibility index (Phi) is 10.6. The number of hydrogen-bond donors (Lipinski definition) is 0. The second-order valence-corrected chi connectivity index (χ2v) is 15.3. The van der Waals surface area contributed by atoms with E-state index in [9.17, 15) is 24.0 Å². The minimum absolute atomic E-state index is 0.0345. The Labute approximate surface area is 325 Å². The van der Waals surface area contributed by atoms with E-state index in [0.29, 0.717) is 5.56 Å². The van der Waals surface area contributed by atoms with Gasteiger partial charge in [-0.15, -0.1) is 0 Å². The third kappa shape index (κ3) is 6.85. The molecule has 4 aromatic carbocycles. The Morgan fingerprint density at radius 2 is 1.04 bits per heavy atom. The third-order valence-electron chi connectivity index (χ3n) is 11.6. The fourth-order valence-corrected chi connectivity index (χ4v) is 9.15. The van der Waals surface area contributed by atoms with E-state index in [0.717, 1.165) is 0 Å². The molecule has 8 atom stereocenters. The predicted molar refractivity (Wildman–Crippen MR) is 201 cm³/mol. The molecule has 1 aliphatic heterocycles. The molecular formula is C45H44O11. The van der Waals surface area contributed by atoms with E-state index in [2.05, 4.69) is 0 Å². The Bertz CT molecular complexity index is 2070. The van der Waals surface area contributed by atoms with E-state index in [4.69, 9.17) is 28.4 Å². The summed E-state index contributed by atoms with van der Waals surface area (Å²) in [6.07, 6.45) is -4.71. The molecule has 56 heavy (non-hydrogen) atoms. The second-order valence-electron chi connectivity index (χ2n) is 15.3. The van der Waals surface area contributed by atoms with Gasteiger partial charge in [-0.3, -0.25) is 4.79 Å². The third-order valence-corrected chi connectivity index (χ3v) is 11.6. The molecule has 3 aliphatic rings. The van der Waals surface area contributed by atoms with Crippen molar-refractivity contribution in [2.45, 2.75) is 76.2 Å². The number of carbonyl (C=O) groups is 5. The quantitative estimate of drug-likeness (QED) is 0.121. The molecule has 2 saturated carbocycles. The molecule has 1 spiro atoms. The van der Waals surface area contributed by atoms with Crippen molar-refractivity contribution >= 4 is 29.8 Å². The lowest BCUT2D eigenvalue weighted by atomic mass is 9.47. The number of ether oxygens (including phenoxy) is 6. The summed E-state index contributed by atoms with van der Waals surface area (Å²) in [5, 5.41) is 0. The van der Waals surface area contributed by atoms with Crippen molar-refractivity contribution < 1.29 is 52.4 Å². The van der Waals surface area contributed by atoms with Crippen molar-refractivity contribution in [1.29, 1.82) is 0 Å². The van der Waals surface area contributed by atoms with Crippen LogP contribution in [0.5, 0.6) is 0 Å². The molecule has 11 heteroatoms. The highest BCUT2D eigenvalue weighted by Crippen LogP contribution is 2.68. The minimum atomic E-state index is -1.82. The van der Waals surface area contributed by atoms with Crippen LogP contribution in [0.4, 0.5) is 0 Å². The maximum absolute atomic E-state index is 14.1. The van der Waals surface area contributed by atoms with E-state index < -0.39 is 89.3 Å². The lowest BCUT2D eigenvalue weighted by molar-refractivity contribution is -0.314. The van der Waals surface area contributed by atoms with Crippen molar-refractivity contribution in [3.8, 4) is 0 Å². The molecule has 1 saturated heterocycles. The smallest absolute Gasteiger partial charge is 0.338 e. The summed E-state index contributed by atoms with van der Waals surface area (Å²) in [7, 11) is 0. The first-order chi connectivity index (χ1) is 26.9. The van der Waals surface area contributed by atoms with Gasteiger partial charge in [-0.25, -0.2) is 19.2 Å². The van der Waals surface area contributed by atoms with E-state index in [-0.39, 0.29) is 29.5 Å². The van der Waals surface area contributed by atoms with Gasteiger partial charge >= 0.3 is 29.8 Å². The molecule has 8 unspecified atom stereocenters. The van der Waals surface area contributed by atoms with Gasteiger partial charge in [0.05, 0.1) is 27.9 Å². The zero-order chi connectivity index (χ0) is 39.7. The molecule has 0 radical (unpaired) electrons. The normalized spacial score (nSPS) is 28.5. The van der Waals surface area contributed by atoms with Gasteiger partial charge in [0.15, 0.2) is 6.10 Å². The standard InChI is InChI=1S/C45H44O11/c1-28-25-35(53-40(48)31-19-11-6-12-20-31)38(52-29(2)46)44(27-51-39(47)30-17-9-5-10-18-30)36(54-41(49)32-21-13-7-14-22-32)26-34-37(45(28,44)56-43(34,3)4)55-42(50)33-23-15-8-16-24-33/h5-24,28,34-38H,25-27H2,1-4H3. The summed E-state index contributed by atoms with van der Waals surface area (Å²) in [5.41, 5.74) is -3.43. The van der Waals surface area contributed by atoms with Crippen molar-refractivity contribution in [2.75, 3.05) is 6.61 Å². The first kappa shape index (κ1) is 38.5. The van der Waals surface area contributed by atoms with E-state index in [1.54, 1.807) is 121 Å². The Morgan fingerprint density at radius 1 is 0.589 bits per heavy atom. The van der Waals surface area contributed by atoms with Gasteiger partial charge < -0.3 is 28.4 Å². The first-order valence-corrected chi connectivity index (χ1v) is 18.7. The molecule has 0 N–H and O–H groups in total. The molecule has 3 fully saturated rings. The summed E-state index contributed by atoms with van der Waals surface area (Å²) in [6, 6.07) is 33.6. The lowest BCUT2D eigenvalue weighted by Gasteiger charge is -2.63. The summed E-state index contributed by atoms with van der Waals surface area (Å²) in [5.74, 6) is -4.64. The SMILES string of the molecule is CC(=O)OC1C(OC(=O)c2ccccc2)CC(C)C23OC(C)(C)C(CC(OC(=O)c4ccccc4)C12COC(=O)c1ccccc1)C3OC(=O)c1ccccc1. The Balaban J connectivity index is 1.44. The minimum Gasteiger partial charge on any atom is -0.461 e. The topological polar surface area (TPSA) is 141 Å². The van der Waals surface area contributed by atoms with Crippen LogP contribution in [0, 0.1) is 17.3 Å². The van der Waals surface area contributed by atoms with Crippen LogP contribution >= 0.6 is 0 Å². The van der Waals surface area contributed by atoms with Crippen LogP contribution in [0.3, 0.4) is 0 Å². The highest BCUT2D eigenvalue weighted by molar-refractivity contribution is 5.91. The van der Waals surface area contributed by atoms with Crippen LogP contribution in [0.2, 0.25) is 0 Å². The molecule has 4 aromatic rings. The fraction of sp³-hybridized carbons (Fsp3) is 0.356. The summed E-state index contributed by atoms with van der Waals surface area (Å²) >= 11 is 0. The molecule has 2 aliphatic carbocycles. The van der Waals surface area contributed by atoms with Gasteiger partial charge in [0, 0.05) is 12.8 Å². The molecule has 1 heterocycles. The molecule has 0 amide bonds. The highest BCUT2D eigenvalue weighted by atomic mass is 16.6. The zero-order valence-electron chi connectivity index (χ0n) is 31.6. The molecule has 11 nitrogen and oxygen atoms in total.